The summed E-state index contributed by atoms with van der Waals surface area (Å²) in [5.41, 5.74) is 0. The van der Waals surface area contributed by atoms with Gasteiger partial charge in [-0.1, -0.05) is 13.8 Å². The molecule has 0 aliphatic carbocycles. The van der Waals surface area contributed by atoms with E-state index in [9.17, 15) is 4.79 Å². The molecule has 134 valence electrons. The van der Waals surface area contributed by atoms with Gasteiger partial charge in [-0.3, -0.25) is 4.79 Å². The summed E-state index contributed by atoms with van der Waals surface area (Å²) >= 11 is 0. The van der Waals surface area contributed by atoms with Gasteiger partial charge >= 0.3 is 0 Å². The van der Waals surface area contributed by atoms with Crippen LogP contribution in [0.25, 0.3) is 0 Å². The topological polar surface area (TPSA) is 47.9 Å². The summed E-state index contributed by atoms with van der Waals surface area (Å²) in [5.74, 6) is 2.45. The average Bonchev–Trinajstić information content (AvgIpc) is 2.51. The molecule has 0 bridgehead atoms. The number of hydrogen-bond acceptors (Lipinski definition) is 2. The van der Waals surface area contributed by atoms with Crippen LogP contribution in [0.2, 0.25) is 0 Å². The molecule has 2 unspecified atom stereocenters. The second-order valence-electron chi connectivity index (χ2n) is 6.96. The van der Waals surface area contributed by atoms with Crippen LogP contribution >= 0.6 is 24.0 Å². The van der Waals surface area contributed by atoms with E-state index in [1.54, 1.807) is 0 Å². The summed E-state index contributed by atoms with van der Waals surface area (Å²) < 4.78 is 0. The fourth-order valence-electron chi connectivity index (χ4n) is 3.65. The summed E-state index contributed by atoms with van der Waals surface area (Å²) in [5, 5.41) is 3.36. The van der Waals surface area contributed by atoms with Crippen molar-refractivity contribution < 1.29 is 4.79 Å². The van der Waals surface area contributed by atoms with E-state index in [0.29, 0.717) is 11.8 Å². The Balaban J connectivity index is 0.00000264. The van der Waals surface area contributed by atoms with E-state index < -0.39 is 0 Å². The Bertz CT molecular complexity index is 386. The van der Waals surface area contributed by atoms with Crippen LogP contribution in [0.3, 0.4) is 0 Å². The standard InChI is InChI=1S/C17H32N4O.HI/c1-4-18-17(21-12-14(2)10-15(3)13-21)19-11-16(22)20-8-6-5-7-9-20;/h14-15H,4-13H2,1-3H3,(H,18,19);1H. The van der Waals surface area contributed by atoms with Crippen molar-refractivity contribution >= 4 is 35.8 Å². The predicted molar refractivity (Wildman–Crippen MR) is 106 cm³/mol. The van der Waals surface area contributed by atoms with Gasteiger partial charge in [0.1, 0.15) is 6.54 Å². The quantitative estimate of drug-likeness (QED) is 0.420. The fraction of sp³-hybridized carbons (Fsp3) is 0.882. The lowest BCUT2D eigenvalue weighted by Crippen LogP contribution is -2.49. The van der Waals surface area contributed by atoms with Gasteiger partial charge in [0.05, 0.1) is 0 Å². The number of amides is 1. The van der Waals surface area contributed by atoms with Gasteiger partial charge in [0.2, 0.25) is 5.91 Å². The second kappa shape index (κ2) is 10.4. The van der Waals surface area contributed by atoms with E-state index in [1.807, 2.05) is 4.90 Å². The molecule has 0 saturated carbocycles. The lowest BCUT2D eigenvalue weighted by atomic mass is 9.92. The molecule has 0 aromatic carbocycles. The summed E-state index contributed by atoms with van der Waals surface area (Å²) in [6.07, 6.45) is 4.80. The zero-order valence-electron chi connectivity index (χ0n) is 14.9. The maximum absolute atomic E-state index is 12.3. The van der Waals surface area contributed by atoms with Crippen molar-refractivity contribution in [1.29, 1.82) is 0 Å². The third-order valence-corrected chi connectivity index (χ3v) is 4.58. The van der Waals surface area contributed by atoms with Gasteiger partial charge in [-0.25, -0.2) is 4.99 Å². The van der Waals surface area contributed by atoms with Gasteiger partial charge in [0, 0.05) is 32.7 Å². The third-order valence-electron chi connectivity index (χ3n) is 4.58. The molecule has 2 rings (SSSR count). The van der Waals surface area contributed by atoms with Crippen molar-refractivity contribution in [2.75, 3.05) is 39.3 Å². The first-order valence-electron chi connectivity index (χ1n) is 8.91. The minimum absolute atomic E-state index is 0. The third kappa shape index (κ3) is 6.47. The first-order valence-corrected chi connectivity index (χ1v) is 8.91. The SMILES string of the molecule is CCNC(=NCC(=O)N1CCCCC1)N1CC(C)CC(C)C1.I. The molecule has 2 heterocycles. The van der Waals surface area contributed by atoms with Crippen molar-refractivity contribution in [3.8, 4) is 0 Å². The van der Waals surface area contributed by atoms with Crippen LogP contribution in [0, 0.1) is 11.8 Å². The van der Waals surface area contributed by atoms with Gasteiger partial charge in [-0.05, 0) is 44.4 Å². The van der Waals surface area contributed by atoms with E-state index in [4.69, 9.17) is 0 Å². The number of likely N-dealkylation sites (tertiary alicyclic amines) is 2. The van der Waals surface area contributed by atoms with Crippen molar-refractivity contribution in [2.24, 2.45) is 16.8 Å². The number of carbonyl (C=O) groups excluding carboxylic acids is 1. The largest absolute Gasteiger partial charge is 0.357 e. The zero-order chi connectivity index (χ0) is 15.9. The van der Waals surface area contributed by atoms with E-state index in [0.717, 1.165) is 51.5 Å². The number of halogens is 1. The summed E-state index contributed by atoms with van der Waals surface area (Å²) in [6, 6.07) is 0. The lowest BCUT2D eigenvalue weighted by molar-refractivity contribution is -0.130. The minimum Gasteiger partial charge on any atom is -0.357 e. The molecule has 23 heavy (non-hydrogen) atoms. The van der Waals surface area contributed by atoms with Crippen LogP contribution in [-0.4, -0.2) is 60.9 Å². The first kappa shape index (κ1) is 20.5. The normalized spacial score (nSPS) is 25.8. The van der Waals surface area contributed by atoms with Crippen molar-refractivity contribution in [1.82, 2.24) is 15.1 Å². The molecule has 0 spiro atoms. The lowest BCUT2D eigenvalue weighted by Gasteiger charge is -2.37. The summed E-state index contributed by atoms with van der Waals surface area (Å²) in [6.45, 7) is 11.7. The molecular weight excluding hydrogens is 403 g/mol. The van der Waals surface area contributed by atoms with E-state index >= 15 is 0 Å². The Labute approximate surface area is 158 Å². The maximum Gasteiger partial charge on any atom is 0.244 e. The Morgan fingerprint density at radius 3 is 2.26 bits per heavy atom. The maximum atomic E-state index is 12.3. The molecule has 2 atom stereocenters. The van der Waals surface area contributed by atoms with Crippen LogP contribution in [0.4, 0.5) is 0 Å². The van der Waals surface area contributed by atoms with Gasteiger partial charge in [-0.15, -0.1) is 24.0 Å². The zero-order valence-corrected chi connectivity index (χ0v) is 17.2. The van der Waals surface area contributed by atoms with Crippen molar-refractivity contribution in [2.45, 2.75) is 46.5 Å². The summed E-state index contributed by atoms with van der Waals surface area (Å²) in [4.78, 5) is 21.2. The van der Waals surface area contributed by atoms with Gasteiger partial charge < -0.3 is 15.1 Å². The van der Waals surface area contributed by atoms with Crippen LogP contribution in [0.15, 0.2) is 4.99 Å². The van der Waals surface area contributed by atoms with Gasteiger partial charge in [-0.2, -0.15) is 0 Å². The van der Waals surface area contributed by atoms with Crippen LogP contribution < -0.4 is 5.32 Å². The van der Waals surface area contributed by atoms with Crippen molar-refractivity contribution in [3.63, 3.8) is 0 Å². The van der Waals surface area contributed by atoms with Gasteiger partial charge in [0.25, 0.3) is 0 Å². The van der Waals surface area contributed by atoms with E-state index in [-0.39, 0.29) is 36.4 Å². The van der Waals surface area contributed by atoms with Gasteiger partial charge in [0.15, 0.2) is 5.96 Å². The molecule has 1 amide bonds. The first-order chi connectivity index (χ1) is 10.6. The van der Waals surface area contributed by atoms with Crippen LogP contribution in [0.5, 0.6) is 0 Å². The molecule has 0 aromatic rings. The number of carbonyl (C=O) groups is 1. The highest BCUT2D eigenvalue weighted by molar-refractivity contribution is 14.0. The molecule has 2 aliphatic rings. The predicted octanol–water partition coefficient (Wildman–Crippen LogP) is 2.56. The second-order valence-corrected chi connectivity index (χ2v) is 6.96. The van der Waals surface area contributed by atoms with E-state index in [2.05, 4.69) is 36.0 Å². The Kier molecular flexibility index (Phi) is 9.24. The fourth-order valence-corrected chi connectivity index (χ4v) is 3.65. The van der Waals surface area contributed by atoms with E-state index in [1.165, 1.54) is 12.8 Å². The molecule has 2 saturated heterocycles. The average molecular weight is 436 g/mol. The molecule has 0 aromatic heterocycles. The Hall–Kier alpha value is -0.530. The number of rotatable bonds is 3. The van der Waals surface area contributed by atoms with Crippen molar-refractivity contribution in [3.05, 3.63) is 0 Å². The van der Waals surface area contributed by atoms with Crippen LogP contribution in [0.1, 0.15) is 46.5 Å². The summed E-state index contributed by atoms with van der Waals surface area (Å²) in [7, 11) is 0. The molecule has 0 radical (unpaired) electrons. The highest BCUT2D eigenvalue weighted by Crippen LogP contribution is 2.20. The molecule has 5 nitrogen and oxygen atoms in total. The number of piperidine rings is 2. The highest BCUT2D eigenvalue weighted by atomic mass is 127. The number of hydrogen-bond donors (Lipinski definition) is 1. The molecule has 6 heteroatoms. The number of aliphatic imine (C=N–C) groups is 1. The molecular formula is C17H33IN4O. The highest BCUT2D eigenvalue weighted by Gasteiger charge is 2.24. The Morgan fingerprint density at radius 1 is 1.09 bits per heavy atom. The smallest absolute Gasteiger partial charge is 0.244 e. The number of nitrogens with zero attached hydrogens (tertiary/aromatic N) is 3. The Morgan fingerprint density at radius 2 is 1.70 bits per heavy atom. The molecule has 2 fully saturated rings. The number of nitrogens with one attached hydrogen (secondary N) is 1. The molecule has 1 N–H and O–H groups in total. The van der Waals surface area contributed by atoms with Crippen LogP contribution in [-0.2, 0) is 4.79 Å². The monoisotopic (exact) mass is 436 g/mol. The number of guanidine groups is 1. The molecule has 2 aliphatic heterocycles. The minimum atomic E-state index is 0.